The van der Waals surface area contributed by atoms with Crippen molar-refractivity contribution in [1.29, 1.82) is 0 Å². The first-order chi connectivity index (χ1) is 12.0. The summed E-state index contributed by atoms with van der Waals surface area (Å²) in [6.45, 7) is 3.63. The van der Waals surface area contributed by atoms with Gasteiger partial charge in [-0.15, -0.1) is 11.3 Å². The Morgan fingerprint density at radius 2 is 2.08 bits per heavy atom. The SMILES string of the molecule is CCC(C)OC(=O)Cn1cnc2scc(-c3ccc(Br)cc3)c2c1=O. The molecule has 0 aliphatic carbocycles. The summed E-state index contributed by atoms with van der Waals surface area (Å²) < 4.78 is 7.53. The minimum absolute atomic E-state index is 0.137. The molecule has 130 valence electrons. The van der Waals surface area contributed by atoms with Crippen molar-refractivity contribution in [1.82, 2.24) is 9.55 Å². The van der Waals surface area contributed by atoms with E-state index in [9.17, 15) is 9.59 Å². The summed E-state index contributed by atoms with van der Waals surface area (Å²) in [6.07, 6.45) is 1.97. The molecule has 3 aromatic rings. The Kier molecular flexibility index (Phi) is 5.34. The maximum atomic E-state index is 12.9. The van der Waals surface area contributed by atoms with Gasteiger partial charge in [0.05, 0.1) is 17.8 Å². The minimum Gasteiger partial charge on any atom is -0.461 e. The van der Waals surface area contributed by atoms with Crippen LogP contribution in [0, 0.1) is 0 Å². The van der Waals surface area contributed by atoms with Crippen LogP contribution in [0.3, 0.4) is 0 Å². The van der Waals surface area contributed by atoms with Gasteiger partial charge in [0, 0.05) is 15.4 Å². The fraction of sp³-hybridized carbons (Fsp3) is 0.278. The van der Waals surface area contributed by atoms with E-state index in [1.807, 2.05) is 43.5 Å². The van der Waals surface area contributed by atoms with E-state index in [1.54, 1.807) is 0 Å². The van der Waals surface area contributed by atoms with Crippen LogP contribution >= 0.6 is 27.3 Å². The molecule has 3 rings (SSSR count). The minimum atomic E-state index is -0.432. The van der Waals surface area contributed by atoms with Gasteiger partial charge in [-0.1, -0.05) is 35.0 Å². The fourth-order valence-corrected chi connectivity index (χ4v) is 3.58. The number of halogens is 1. The van der Waals surface area contributed by atoms with Crippen LogP contribution in [-0.2, 0) is 16.1 Å². The number of benzene rings is 1. The largest absolute Gasteiger partial charge is 0.461 e. The second kappa shape index (κ2) is 7.49. The highest BCUT2D eigenvalue weighted by atomic mass is 79.9. The summed E-state index contributed by atoms with van der Waals surface area (Å²) in [4.78, 5) is 29.8. The van der Waals surface area contributed by atoms with E-state index in [4.69, 9.17) is 4.74 Å². The lowest BCUT2D eigenvalue weighted by Crippen LogP contribution is -2.27. The third-order valence-electron chi connectivity index (χ3n) is 3.92. The fourth-order valence-electron chi connectivity index (χ4n) is 2.41. The lowest BCUT2D eigenvalue weighted by Gasteiger charge is -2.11. The quantitative estimate of drug-likeness (QED) is 0.579. The Morgan fingerprint density at radius 3 is 2.76 bits per heavy atom. The molecule has 0 radical (unpaired) electrons. The number of rotatable bonds is 5. The summed E-state index contributed by atoms with van der Waals surface area (Å²) in [5.74, 6) is -0.432. The van der Waals surface area contributed by atoms with Gasteiger partial charge in [-0.05, 0) is 31.0 Å². The molecule has 0 bridgehead atoms. The van der Waals surface area contributed by atoms with Crippen LogP contribution in [0.5, 0.6) is 0 Å². The van der Waals surface area contributed by atoms with Crippen LogP contribution in [0.1, 0.15) is 20.3 Å². The zero-order valence-corrected chi connectivity index (χ0v) is 16.3. The van der Waals surface area contributed by atoms with Crippen LogP contribution in [0.25, 0.3) is 21.3 Å². The Bertz CT molecular complexity index is 963. The first-order valence-electron chi connectivity index (χ1n) is 7.91. The molecule has 1 unspecified atom stereocenters. The summed E-state index contributed by atoms with van der Waals surface area (Å²) in [5, 5.41) is 2.45. The first-order valence-corrected chi connectivity index (χ1v) is 9.59. The van der Waals surface area contributed by atoms with Crippen molar-refractivity contribution >= 4 is 43.5 Å². The van der Waals surface area contributed by atoms with Gasteiger partial charge in [0.2, 0.25) is 0 Å². The van der Waals surface area contributed by atoms with Crippen LogP contribution < -0.4 is 5.56 Å². The number of hydrogen-bond acceptors (Lipinski definition) is 5. The molecule has 0 amide bonds. The van der Waals surface area contributed by atoms with Gasteiger partial charge < -0.3 is 4.74 Å². The molecule has 0 aliphatic rings. The highest BCUT2D eigenvalue weighted by Crippen LogP contribution is 2.31. The maximum absolute atomic E-state index is 12.9. The molecule has 5 nitrogen and oxygen atoms in total. The average Bonchev–Trinajstić information content (AvgIpc) is 3.02. The standard InChI is InChI=1S/C18H17BrN2O3S/c1-3-11(2)24-15(22)8-21-10-20-17-16(18(21)23)14(9-25-17)12-4-6-13(19)7-5-12/h4-7,9-11H,3,8H2,1-2H3. The molecule has 1 aromatic carbocycles. The topological polar surface area (TPSA) is 61.2 Å². The Labute approximate surface area is 157 Å². The van der Waals surface area contributed by atoms with E-state index < -0.39 is 5.97 Å². The molecular weight excluding hydrogens is 404 g/mol. The number of aromatic nitrogens is 2. The third-order valence-corrected chi connectivity index (χ3v) is 5.34. The molecule has 7 heteroatoms. The van der Waals surface area contributed by atoms with E-state index in [0.29, 0.717) is 10.2 Å². The van der Waals surface area contributed by atoms with Crippen molar-refractivity contribution in [2.75, 3.05) is 0 Å². The number of carbonyl (C=O) groups is 1. The Balaban J connectivity index is 1.99. The number of fused-ring (bicyclic) bond motifs is 1. The van der Waals surface area contributed by atoms with Crippen LogP contribution in [0.2, 0.25) is 0 Å². The molecule has 0 aliphatic heterocycles. The molecule has 1 atom stereocenters. The van der Waals surface area contributed by atoms with E-state index in [-0.39, 0.29) is 18.2 Å². The third kappa shape index (κ3) is 3.82. The van der Waals surface area contributed by atoms with Crippen molar-refractivity contribution in [3.63, 3.8) is 0 Å². The zero-order valence-electron chi connectivity index (χ0n) is 13.9. The summed E-state index contributed by atoms with van der Waals surface area (Å²) in [6, 6.07) is 7.74. The summed E-state index contributed by atoms with van der Waals surface area (Å²) in [7, 11) is 0. The van der Waals surface area contributed by atoms with Gasteiger partial charge >= 0.3 is 5.97 Å². The molecule has 2 aromatic heterocycles. The molecule has 0 fully saturated rings. The van der Waals surface area contributed by atoms with Crippen molar-refractivity contribution < 1.29 is 9.53 Å². The molecule has 25 heavy (non-hydrogen) atoms. The highest BCUT2D eigenvalue weighted by Gasteiger charge is 2.16. The lowest BCUT2D eigenvalue weighted by atomic mass is 10.1. The second-order valence-corrected chi connectivity index (χ2v) is 7.50. The van der Waals surface area contributed by atoms with E-state index >= 15 is 0 Å². The molecule has 0 saturated heterocycles. The molecular formula is C18H17BrN2O3S. The predicted octanol–water partition coefficient (Wildman–Crippen LogP) is 4.23. The van der Waals surface area contributed by atoms with Gasteiger partial charge in [0.1, 0.15) is 11.4 Å². The van der Waals surface area contributed by atoms with Crippen molar-refractivity contribution in [3.05, 3.63) is 50.8 Å². The van der Waals surface area contributed by atoms with Crippen molar-refractivity contribution in [3.8, 4) is 11.1 Å². The van der Waals surface area contributed by atoms with Crippen LogP contribution in [-0.4, -0.2) is 21.6 Å². The average molecular weight is 421 g/mol. The summed E-state index contributed by atoms with van der Waals surface area (Å²) >= 11 is 4.83. The van der Waals surface area contributed by atoms with Gasteiger partial charge in [-0.2, -0.15) is 0 Å². The van der Waals surface area contributed by atoms with Gasteiger partial charge in [-0.3, -0.25) is 14.2 Å². The van der Waals surface area contributed by atoms with Crippen LogP contribution in [0.15, 0.2) is 45.2 Å². The van der Waals surface area contributed by atoms with E-state index in [1.165, 1.54) is 22.2 Å². The van der Waals surface area contributed by atoms with Gasteiger partial charge in [-0.25, -0.2) is 4.98 Å². The zero-order chi connectivity index (χ0) is 18.0. The lowest BCUT2D eigenvalue weighted by molar-refractivity contribution is -0.149. The van der Waals surface area contributed by atoms with Crippen LogP contribution in [0.4, 0.5) is 0 Å². The molecule has 0 spiro atoms. The molecule has 2 heterocycles. The highest BCUT2D eigenvalue weighted by molar-refractivity contribution is 9.10. The van der Waals surface area contributed by atoms with E-state index in [2.05, 4.69) is 20.9 Å². The number of carbonyl (C=O) groups excluding carboxylic acids is 1. The normalized spacial score (nSPS) is 12.3. The smallest absolute Gasteiger partial charge is 0.326 e. The van der Waals surface area contributed by atoms with Crippen molar-refractivity contribution in [2.24, 2.45) is 0 Å². The van der Waals surface area contributed by atoms with Gasteiger partial charge in [0.25, 0.3) is 5.56 Å². The Hall–Kier alpha value is -1.99. The number of thiophene rings is 1. The molecule has 0 N–H and O–H groups in total. The maximum Gasteiger partial charge on any atom is 0.326 e. The second-order valence-electron chi connectivity index (χ2n) is 5.72. The number of esters is 1. The monoisotopic (exact) mass is 420 g/mol. The van der Waals surface area contributed by atoms with Crippen molar-refractivity contribution in [2.45, 2.75) is 32.9 Å². The predicted molar refractivity (Wildman–Crippen MR) is 103 cm³/mol. The summed E-state index contributed by atoms with van der Waals surface area (Å²) in [5.41, 5.74) is 1.54. The Morgan fingerprint density at radius 1 is 1.36 bits per heavy atom. The number of ether oxygens (including phenoxy) is 1. The number of nitrogens with zero attached hydrogens (tertiary/aromatic N) is 2. The first kappa shape index (κ1) is 17.8. The number of hydrogen-bond donors (Lipinski definition) is 0. The molecule has 0 saturated carbocycles. The van der Waals surface area contributed by atoms with Gasteiger partial charge in [0.15, 0.2) is 0 Å². The van der Waals surface area contributed by atoms with E-state index in [0.717, 1.165) is 22.0 Å².